The molecule has 5 nitrogen and oxygen atoms in total. The van der Waals surface area contributed by atoms with Crippen molar-refractivity contribution in [2.75, 3.05) is 18.1 Å². The molecule has 1 fully saturated rings. The molecule has 1 atom stereocenters. The number of imidazole rings is 1. The number of carbonyl (C=O) groups is 1. The fourth-order valence-electron chi connectivity index (χ4n) is 4.51. The maximum atomic E-state index is 13.3. The summed E-state index contributed by atoms with van der Waals surface area (Å²) in [6.45, 7) is 1.89. The van der Waals surface area contributed by atoms with Crippen LogP contribution in [0.2, 0.25) is 5.02 Å². The van der Waals surface area contributed by atoms with Gasteiger partial charge in [0.2, 0.25) is 5.91 Å². The summed E-state index contributed by atoms with van der Waals surface area (Å²) in [6.07, 6.45) is 2.15. The molecule has 1 aliphatic rings. The van der Waals surface area contributed by atoms with Gasteiger partial charge in [-0.05, 0) is 61.4 Å². The number of hydrogen-bond donors (Lipinski definition) is 0. The van der Waals surface area contributed by atoms with E-state index in [1.807, 2.05) is 42.5 Å². The lowest BCUT2D eigenvalue weighted by Gasteiger charge is -2.17. The molecular weight excluding hydrogens is 453 g/mol. The number of carbonyl (C=O) groups excluding carboxylic acids is 1. The maximum absolute atomic E-state index is 13.3. The highest BCUT2D eigenvalue weighted by molar-refractivity contribution is 6.32. The van der Waals surface area contributed by atoms with Crippen LogP contribution in [0.25, 0.3) is 11.0 Å². The van der Waals surface area contributed by atoms with Crippen molar-refractivity contribution in [3.05, 3.63) is 89.5 Å². The van der Waals surface area contributed by atoms with Gasteiger partial charge in [-0.3, -0.25) is 4.79 Å². The Morgan fingerprint density at radius 3 is 2.59 bits per heavy atom. The summed E-state index contributed by atoms with van der Waals surface area (Å²) >= 11 is 6.17. The number of aryl methyl sites for hydroxylation is 1. The largest absolute Gasteiger partial charge is 0.492 e. The van der Waals surface area contributed by atoms with Gasteiger partial charge in [0.1, 0.15) is 17.4 Å². The molecule has 0 saturated carbocycles. The van der Waals surface area contributed by atoms with E-state index in [4.69, 9.17) is 21.3 Å². The molecule has 174 valence electrons. The molecule has 4 aromatic rings. The first kappa shape index (κ1) is 22.4. The zero-order chi connectivity index (χ0) is 23.5. The molecule has 0 unspecified atom stereocenters. The minimum atomic E-state index is -0.313. The number of nitrogens with zero attached hydrogens (tertiary/aromatic N) is 3. The number of halogens is 2. The van der Waals surface area contributed by atoms with Gasteiger partial charge in [0.25, 0.3) is 0 Å². The molecule has 1 aliphatic heterocycles. The summed E-state index contributed by atoms with van der Waals surface area (Å²) in [5, 5.41) is 0.613. The minimum absolute atomic E-state index is 0.0238. The van der Waals surface area contributed by atoms with Gasteiger partial charge >= 0.3 is 0 Å². The fraction of sp³-hybridized carbons (Fsp3) is 0.259. The molecule has 0 N–H and O–H groups in total. The predicted octanol–water partition coefficient (Wildman–Crippen LogP) is 6.21. The second-order valence-corrected chi connectivity index (χ2v) is 8.89. The Labute approximate surface area is 202 Å². The SMILES string of the molecule is O=C1C[C@H](c2nc3ccccc3n2CCCCOc2ccccc2Cl)CN1c1ccc(F)cc1. The normalized spacial score (nSPS) is 15.9. The molecule has 0 bridgehead atoms. The van der Waals surface area contributed by atoms with Gasteiger partial charge < -0.3 is 14.2 Å². The molecule has 1 amide bonds. The van der Waals surface area contributed by atoms with E-state index in [2.05, 4.69) is 10.6 Å². The van der Waals surface area contributed by atoms with Crippen LogP contribution in [0, 0.1) is 5.82 Å². The average molecular weight is 478 g/mol. The van der Waals surface area contributed by atoms with E-state index >= 15 is 0 Å². The number of ether oxygens (including phenoxy) is 1. The highest BCUT2D eigenvalue weighted by Crippen LogP contribution is 2.33. The Balaban J connectivity index is 1.30. The van der Waals surface area contributed by atoms with Gasteiger partial charge in [-0.1, -0.05) is 35.9 Å². The van der Waals surface area contributed by atoms with Crippen LogP contribution in [-0.4, -0.2) is 28.6 Å². The molecule has 0 aliphatic carbocycles. The average Bonchev–Trinajstić information content (AvgIpc) is 3.41. The molecule has 34 heavy (non-hydrogen) atoms. The molecule has 3 aromatic carbocycles. The standard InChI is InChI=1S/C27H25ClFN3O2/c28-22-7-1-4-10-25(22)34-16-6-5-15-31-24-9-3-2-8-23(24)30-27(31)19-17-26(33)32(18-19)21-13-11-20(29)12-14-21/h1-4,7-14,19H,5-6,15-18H2/t19-/m0/s1. The Bertz CT molecular complexity index is 1300. The second kappa shape index (κ2) is 9.85. The Morgan fingerprint density at radius 1 is 1.00 bits per heavy atom. The van der Waals surface area contributed by atoms with Gasteiger partial charge in [0.15, 0.2) is 0 Å². The third-order valence-corrected chi connectivity index (χ3v) is 6.50. The van der Waals surface area contributed by atoms with Crippen molar-refractivity contribution in [1.29, 1.82) is 0 Å². The summed E-state index contributed by atoms with van der Waals surface area (Å²) in [5.41, 5.74) is 2.71. The zero-order valence-corrected chi connectivity index (χ0v) is 19.4. The smallest absolute Gasteiger partial charge is 0.227 e. The predicted molar refractivity (Wildman–Crippen MR) is 132 cm³/mol. The molecule has 0 radical (unpaired) electrons. The van der Waals surface area contributed by atoms with E-state index < -0.39 is 0 Å². The number of para-hydroxylation sites is 3. The van der Waals surface area contributed by atoms with Crippen molar-refractivity contribution >= 4 is 34.2 Å². The van der Waals surface area contributed by atoms with Crippen LogP contribution in [0.4, 0.5) is 10.1 Å². The second-order valence-electron chi connectivity index (χ2n) is 8.48. The van der Waals surface area contributed by atoms with Crippen molar-refractivity contribution in [2.45, 2.75) is 31.7 Å². The lowest BCUT2D eigenvalue weighted by Crippen LogP contribution is -2.24. The van der Waals surface area contributed by atoms with E-state index in [1.165, 1.54) is 12.1 Å². The van der Waals surface area contributed by atoms with E-state index in [1.54, 1.807) is 17.0 Å². The topological polar surface area (TPSA) is 47.4 Å². The van der Waals surface area contributed by atoms with Crippen LogP contribution in [0.1, 0.15) is 31.0 Å². The van der Waals surface area contributed by atoms with E-state index in [9.17, 15) is 9.18 Å². The highest BCUT2D eigenvalue weighted by Gasteiger charge is 2.34. The zero-order valence-electron chi connectivity index (χ0n) is 18.7. The van der Waals surface area contributed by atoms with Gasteiger partial charge in [-0.25, -0.2) is 9.37 Å². The summed E-state index contributed by atoms with van der Waals surface area (Å²) in [7, 11) is 0. The molecule has 7 heteroatoms. The van der Waals surface area contributed by atoms with Gasteiger partial charge in [0.05, 0.1) is 22.7 Å². The Morgan fingerprint density at radius 2 is 1.76 bits per heavy atom. The maximum Gasteiger partial charge on any atom is 0.227 e. The lowest BCUT2D eigenvalue weighted by atomic mass is 10.1. The highest BCUT2D eigenvalue weighted by atomic mass is 35.5. The summed E-state index contributed by atoms with van der Waals surface area (Å²) < 4.78 is 21.4. The van der Waals surface area contributed by atoms with Crippen LogP contribution in [0.15, 0.2) is 72.8 Å². The van der Waals surface area contributed by atoms with Crippen molar-refractivity contribution in [1.82, 2.24) is 9.55 Å². The molecule has 2 heterocycles. The molecule has 0 spiro atoms. The third kappa shape index (κ3) is 4.64. The van der Waals surface area contributed by atoms with Gasteiger partial charge in [0, 0.05) is 31.1 Å². The first-order valence-electron chi connectivity index (χ1n) is 11.5. The molecule has 5 rings (SSSR count). The van der Waals surface area contributed by atoms with Crippen molar-refractivity contribution in [3.63, 3.8) is 0 Å². The first-order valence-corrected chi connectivity index (χ1v) is 11.9. The molecular formula is C27H25ClFN3O2. The Kier molecular flexibility index (Phi) is 6.50. The van der Waals surface area contributed by atoms with Crippen LogP contribution >= 0.6 is 11.6 Å². The third-order valence-electron chi connectivity index (χ3n) is 6.18. The van der Waals surface area contributed by atoms with Crippen molar-refractivity contribution < 1.29 is 13.9 Å². The van der Waals surface area contributed by atoms with Crippen LogP contribution in [-0.2, 0) is 11.3 Å². The number of amides is 1. The monoisotopic (exact) mass is 477 g/mol. The lowest BCUT2D eigenvalue weighted by molar-refractivity contribution is -0.117. The summed E-state index contributed by atoms with van der Waals surface area (Å²) in [6, 6.07) is 21.6. The summed E-state index contributed by atoms with van der Waals surface area (Å²) in [4.78, 5) is 19.4. The number of aromatic nitrogens is 2. The first-order chi connectivity index (χ1) is 16.6. The van der Waals surface area contributed by atoms with Crippen molar-refractivity contribution in [3.8, 4) is 5.75 Å². The van der Waals surface area contributed by atoms with E-state index in [0.29, 0.717) is 36.0 Å². The number of fused-ring (bicyclic) bond motifs is 1. The van der Waals surface area contributed by atoms with Crippen molar-refractivity contribution in [2.24, 2.45) is 0 Å². The van der Waals surface area contributed by atoms with Crippen LogP contribution in [0.5, 0.6) is 5.75 Å². The van der Waals surface area contributed by atoms with E-state index in [-0.39, 0.29) is 17.6 Å². The molecule has 1 saturated heterocycles. The molecule has 1 aromatic heterocycles. The number of hydrogen-bond acceptors (Lipinski definition) is 3. The van der Waals surface area contributed by atoms with E-state index in [0.717, 1.165) is 36.2 Å². The number of anilines is 1. The van der Waals surface area contributed by atoms with Crippen LogP contribution < -0.4 is 9.64 Å². The van der Waals surface area contributed by atoms with Gasteiger partial charge in [-0.2, -0.15) is 0 Å². The summed E-state index contributed by atoms with van der Waals surface area (Å²) in [5.74, 6) is 1.31. The number of benzene rings is 3. The quantitative estimate of drug-likeness (QED) is 0.283. The minimum Gasteiger partial charge on any atom is -0.492 e. The number of rotatable bonds is 8. The Hall–Kier alpha value is -3.38. The number of unbranched alkanes of at least 4 members (excludes halogenated alkanes) is 1. The van der Waals surface area contributed by atoms with Crippen LogP contribution in [0.3, 0.4) is 0 Å². The fourth-order valence-corrected chi connectivity index (χ4v) is 4.70. The van der Waals surface area contributed by atoms with Gasteiger partial charge in [-0.15, -0.1) is 0 Å².